The number of carboxylic acids is 1. The van der Waals surface area contributed by atoms with Crippen molar-refractivity contribution in [2.45, 2.75) is 19.0 Å². The molecule has 0 saturated carbocycles. The van der Waals surface area contributed by atoms with Crippen LogP contribution in [0.5, 0.6) is 0 Å². The van der Waals surface area contributed by atoms with Gasteiger partial charge in [-0.2, -0.15) is 0 Å². The molecule has 2 N–H and O–H groups in total. The molecule has 1 atom stereocenters. The van der Waals surface area contributed by atoms with Crippen molar-refractivity contribution in [3.05, 3.63) is 29.6 Å². The molecule has 2 rings (SSSR count). The lowest BCUT2D eigenvalue weighted by molar-refractivity contribution is -0.149. The maximum Gasteiger partial charge on any atom is 0.343 e. The molecule has 0 radical (unpaired) electrons. The minimum Gasteiger partial charge on any atom is -0.479 e. The lowest BCUT2D eigenvalue weighted by Gasteiger charge is -2.18. The number of likely N-dealkylation sites (tertiary alicyclic amines) is 1. The molecule has 0 bridgehead atoms. The fourth-order valence-corrected chi connectivity index (χ4v) is 2.25. The molecule has 22 heavy (non-hydrogen) atoms. The van der Waals surface area contributed by atoms with E-state index in [1.165, 1.54) is 13.0 Å². The summed E-state index contributed by atoms with van der Waals surface area (Å²) in [5.74, 6) is -3.44. The summed E-state index contributed by atoms with van der Waals surface area (Å²) in [7, 11) is 0. The van der Waals surface area contributed by atoms with Gasteiger partial charge in [-0.3, -0.25) is 9.59 Å². The second-order valence-corrected chi connectivity index (χ2v) is 5.12. The molecule has 1 unspecified atom stereocenters. The maximum absolute atomic E-state index is 14.0. The van der Waals surface area contributed by atoms with Crippen molar-refractivity contribution in [2.24, 2.45) is 0 Å². The van der Waals surface area contributed by atoms with Gasteiger partial charge in [-0.1, -0.05) is 0 Å². The van der Waals surface area contributed by atoms with Crippen LogP contribution in [0.15, 0.2) is 18.2 Å². The molecule has 1 aliphatic heterocycles. The Morgan fingerprint density at radius 2 is 2.05 bits per heavy atom. The number of aliphatic carboxylic acids is 1. The molecule has 0 aromatic heterocycles. The average molecular weight is 312 g/mol. The summed E-state index contributed by atoms with van der Waals surface area (Å²) >= 11 is 0. The van der Waals surface area contributed by atoms with E-state index in [-0.39, 0.29) is 24.2 Å². The molecular formula is C14H14F2N2O4. The highest BCUT2D eigenvalue weighted by molar-refractivity contribution is 5.97. The second kappa shape index (κ2) is 5.70. The minimum absolute atomic E-state index is 0.0415. The third-order valence-electron chi connectivity index (χ3n) is 3.41. The van der Waals surface area contributed by atoms with Crippen LogP contribution >= 0.6 is 0 Å². The lowest BCUT2D eigenvalue weighted by Crippen LogP contribution is -2.38. The van der Waals surface area contributed by atoms with Gasteiger partial charge >= 0.3 is 5.97 Å². The summed E-state index contributed by atoms with van der Waals surface area (Å²) < 4.78 is 27.5. The van der Waals surface area contributed by atoms with Crippen molar-refractivity contribution in [1.29, 1.82) is 0 Å². The predicted octanol–water partition coefficient (Wildman–Crippen LogP) is 1.42. The molecule has 1 fully saturated rings. The van der Waals surface area contributed by atoms with Crippen molar-refractivity contribution in [1.82, 2.24) is 4.90 Å². The number of anilines is 1. The first-order valence-corrected chi connectivity index (χ1v) is 6.52. The number of carbonyl (C=O) groups excluding carboxylic acids is 2. The van der Waals surface area contributed by atoms with Crippen molar-refractivity contribution in [2.75, 3.05) is 18.4 Å². The van der Waals surface area contributed by atoms with E-state index in [1.807, 2.05) is 0 Å². The zero-order valence-corrected chi connectivity index (χ0v) is 11.7. The molecule has 118 valence electrons. The van der Waals surface area contributed by atoms with E-state index >= 15 is 0 Å². The van der Waals surface area contributed by atoms with Gasteiger partial charge in [-0.25, -0.2) is 13.6 Å². The molecule has 1 aliphatic rings. The predicted molar refractivity (Wildman–Crippen MR) is 72.7 cm³/mol. The third-order valence-corrected chi connectivity index (χ3v) is 3.41. The Balaban J connectivity index is 2.20. The Morgan fingerprint density at radius 3 is 2.59 bits per heavy atom. The average Bonchev–Trinajstić information content (AvgIpc) is 2.84. The van der Waals surface area contributed by atoms with Crippen LogP contribution in [0.1, 0.15) is 23.7 Å². The number of carboxylic acid groups (broad SMARTS) is 1. The first-order valence-electron chi connectivity index (χ1n) is 6.52. The highest BCUT2D eigenvalue weighted by Gasteiger charge is 2.47. The molecule has 0 spiro atoms. The Hall–Kier alpha value is -2.51. The smallest absolute Gasteiger partial charge is 0.343 e. The second-order valence-electron chi connectivity index (χ2n) is 5.12. The van der Waals surface area contributed by atoms with E-state index in [0.29, 0.717) is 0 Å². The van der Waals surface area contributed by atoms with Crippen LogP contribution in [0.2, 0.25) is 0 Å². The van der Waals surface area contributed by atoms with Gasteiger partial charge in [0.2, 0.25) is 11.6 Å². The Labute approximate surface area is 124 Å². The number of halogens is 2. The highest BCUT2D eigenvalue weighted by atomic mass is 19.1. The maximum atomic E-state index is 14.0. The number of benzene rings is 1. The van der Waals surface area contributed by atoms with Crippen LogP contribution in [0, 0.1) is 5.82 Å². The van der Waals surface area contributed by atoms with Crippen molar-refractivity contribution >= 4 is 23.5 Å². The van der Waals surface area contributed by atoms with Gasteiger partial charge < -0.3 is 15.3 Å². The molecular weight excluding hydrogens is 298 g/mol. The molecule has 1 aromatic carbocycles. The quantitative estimate of drug-likeness (QED) is 0.884. The Kier molecular flexibility index (Phi) is 4.11. The number of alkyl halides is 1. The standard InChI is InChI=1S/C14H14F2N2O4/c1-8(19)17-11-6-9(2-3-10(11)15)12(20)18-5-4-14(16,7-18)13(21)22/h2-3,6H,4-5,7H2,1H3,(H,17,19)(H,21,22). The first kappa shape index (κ1) is 15.9. The van der Waals surface area contributed by atoms with Crippen molar-refractivity contribution in [3.63, 3.8) is 0 Å². The lowest BCUT2D eigenvalue weighted by atomic mass is 10.1. The van der Waals surface area contributed by atoms with Crippen LogP contribution in [0.4, 0.5) is 14.5 Å². The summed E-state index contributed by atoms with van der Waals surface area (Å²) in [6, 6.07) is 3.34. The highest BCUT2D eigenvalue weighted by Crippen LogP contribution is 2.28. The number of amides is 2. The molecule has 0 aliphatic carbocycles. The van der Waals surface area contributed by atoms with Crippen LogP contribution in [0.3, 0.4) is 0 Å². The Bertz CT molecular complexity index is 650. The van der Waals surface area contributed by atoms with E-state index in [9.17, 15) is 23.2 Å². The van der Waals surface area contributed by atoms with Gasteiger partial charge in [0.25, 0.3) is 5.91 Å². The number of hydrogen-bond acceptors (Lipinski definition) is 3. The van der Waals surface area contributed by atoms with E-state index < -0.39 is 35.8 Å². The van der Waals surface area contributed by atoms with Crippen LogP contribution in [-0.4, -0.2) is 46.5 Å². The summed E-state index contributed by atoms with van der Waals surface area (Å²) in [4.78, 5) is 35.1. The van der Waals surface area contributed by atoms with Crippen LogP contribution < -0.4 is 5.32 Å². The fraction of sp³-hybridized carbons (Fsp3) is 0.357. The number of rotatable bonds is 3. The number of nitrogens with one attached hydrogen (secondary N) is 1. The molecule has 6 nitrogen and oxygen atoms in total. The zero-order chi connectivity index (χ0) is 16.5. The van der Waals surface area contributed by atoms with Gasteiger partial charge in [0.05, 0.1) is 12.2 Å². The molecule has 1 saturated heterocycles. The van der Waals surface area contributed by atoms with E-state index in [0.717, 1.165) is 17.0 Å². The fourth-order valence-electron chi connectivity index (χ4n) is 2.25. The first-order chi connectivity index (χ1) is 10.2. The molecule has 2 amide bonds. The summed E-state index contributed by atoms with van der Waals surface area (Å²) in [6.45, 7) is 0.585. The number of carbonyl (C=O) groups is 3. The summed E-state index contributed by atoms with van der Waals surface area (Å²) in [5.41, 5.74) is -2.59. The SMILES string of the molecule is CC(=O)Nc1cc(C(=O)N2CCC(F)(C(=O)O)C2)ccc1F. The van der Waals surface area contributed by atoms with E-state index in [2.05, 4.69) is 5.32 Å². The summed E-state index contributed by atoms with van der Waals surface area (Å²) in [5, 5.41) is 11.1. The minimum atomic E-state index is -2.46. The monoisotopic (exact) mass is 312 g/mol. The van der Waals surface area contributed by atoms with Crippen molar-refractivity contribution in [3.8, 4) is 0 Å². The van der Waals surface area contributed by atoms with Gasteiger partial charge in [-0.15, -0.1) is 0 Å². The topological polar surface area (TPSA) is 86.7 Å². The molecule has 8 heteroatoms. The van der Waals surface area contributed by atoms with Crippen LogP contribution in [0.25, 0.3) is 0 Å². The van der Waals surface area contributed by atoms with Crippen LogP contribution in [-0.2, 0) is 9.59 Å². The number of nitrogens with zero attached hydrogens (tertiary/aromatic N) is 1. The molecule has 1 heterocycles. The van der Waals surface area contributed by atoms with Gasteiger partial charge in [0.1, 0.15) is 5.82 Å². The van der Waals surface area contributed by atoms with E-state index in [1.54, 1.807) is 0 Å². The van der Waals surface area contributed by atoms with E-state index in [4.69, 9.17) is 5.11 Å². The summed E-state index contributed by atoms with van der Waals surface area (Å²) in [6.07, 6.45) is -0.298. The Morgan fingerprint density at radius 1 is 1.36 bits per heavy atom. The van der Waals surface area contributed by atoms with Gasteiger partial charge in [0, 0.05) is 25.5 Å². The van der Waals surface area contributed by atoms with Crippen molar-refractivity contribution < 1.29 is 28.3 Å². The zero-order valence-electron chi connectivity index (χ0n) is 11.7. The normalized spacial score (nSPS) is 20.8. The third kappa shape index (κ3) is 3.05. The largest absolute Gasteiger partial charge is 0.479 e. The van der Waals surface area contributed by atoms with Gasteiger partial charge in [-0.05, 0) is 18.2 Å². The number of hydrogen-bond donors (Lipinski definition) is 2. The molecule has 1 aromatic rings. The van der Waals surface area contributed by atoms with Gasteiger partial charge in [0.15, 0.2) is 0 Å².